The number of halogens is 1. The first-order valence-corrected chi connectivity index (χ1v) is 7.96. The van der Waals surface area contributed by atoms with Crippen molar-refractivity contribution in [1.82, 2.24) is 10.3 Å². The summed E-state index contributed by atoms with van der Waals surface area (Å²) < 4.78 is 5.52. The number of carbonyl (C=O) groups is 2. The SMILES string of the molecule is O=C(O)CCCCNC(=O)c1ncc(Oc2cccc(Cl)c2)cc1O. The number of amides is 1. The first kappa shape index (κ1) is 18.5. The monoisotopic (exact) mass is 364 g/mol. The third-order valence-corrected chi connectivity index (χ3v) is 3.43. The summed E-state index contributed by atoms with van der Waals surface area (Å²) in [6, 6.07) is 8.01. The van der Waals surface area contributed by atoms with Crippen LogP contribution in [0.1, 0.15) is 29.8 Å². The van der Waals surface area contributed by atoms with E-state index in [1.54, 1.807) is 24.3 Å². The molecule has 1 amide bonds. The fourth-order valence-corrected chi connectivity index (χ4v) is 2.20. The average molecular weight is 365 g/mol. The summed E-state index contributed by atoms with van der Waals surface area (Å²) in [5.74, 6) is -0.993. The quantitative estimate of drug-likeness (QED) is 0.620. The topological polar surface area (TPSA) is 109 Å². The Balaban J connectivity index is 1.92. The van der Waals surface area contributed by atoms with Gasteiger partial charge in [-0.3, -0.25) is 9.59 Å². The molecule has 0 spiro atoms. The molecule has 1 aromatic heterocycles. The molecule has 0 saturated carbocycles. The minimum Gasteiger partial charge on any atom is -0.505 e. The number of carboxylic acids is 1. The first-order chi connectivity index (χ1) is 12.0. The van der Waals surface area contributed by atoms with E-state index in [9.17, 15) is 14.7 Å². The summed E-state index contributed by atoms with van der Waals surface area (Å²) in [7, 11) is 0. The second-order valence-electron chi connectivity index (χ2n) is 5.20. The first-order valence-electron chi connectivity index (χ1n) is 7.58. The zero-order chi connectivity index (χ0) is 18.2. The number of aliphatic carboxylic acids is 1. The standard InChI is InChI=1S/C17H17ClN2O5/c18-11-4-3-5-12(8-11)25-13-9-14(21)16(20-10-13)17(24)19-7-2-1-6-15(22)23/h3-5,8-10,21H,1-2,6-7H2,(H,19,24)(H,22,23). The van der Waals surface area contributed by atoms with Gasteiger partial charge in [0, 0.05) is 24.1 Å². The molecule has 0 fully saturated rings. The van der Waals surface area contributed by atoms with Gasteiger partial charge in [-0.05, 0) is 31.0 Å². The van der Waals surface area contributed by atoms with Gasteiger partial charge < -0.3 is 20.3 Å². The Kier molecular flexibility index (Phi) is 6.59. The molecule has 0 radical (unpaired) electrons. The summed E-state index contributed by atoms with van der Waals surface area (Å²) >= 11 is 5.87. The Morgan fingerprint density at radius 2 is 2.00 bits per heavy atom. The Morgan fingerprint density at radius 3 is 2.68 bits per heavy atom. The molecule has 0 bridgehead atoms. The van der Waals surface area contributed by atoms with Crippen molar-refractivity contribution in [3.8, 4) is 17.2 Å². The number of aromatic hydroxyl groups is 1. The lowest BCUT2D eigenvalue weighted by Crippen LogP contribution is -2.25. The Labute approximate surface area is 149 Å². The van der Waals surface area contributed by atoms with Gasteiger partial charge in [0.25, 0.3) is 5.91 Å². The van der Waals surface area contributed by atoms with Crippen LogP contribution < -0.4 is 10.1 Å². The summed E-state index contributed by atoms with van der Waals surface area (Å²) in [5, 5.41) is 21.6. The van der Waals surface area contributed by atoms with Crippen molar-refractivity contribution in [2.24, 2.45) is 0 Å². The summed E-state index contributed by atoms with van der Waals surface area (Å²) in [6.07, 6.45) is 2.35. The molecule has 2 rings (SSSR count). The molecular weight excluding hydrogens is 348 g/mol. The third kappa shape index (κ3) is 5.96. The van der Waals surface area contributed by atoms with E-state index in [1.165, 1.54) is 12.3 Å². The van der Waals surface area contributed by atoms with Crippen LogP contribution >= 0.6 is 11.6 Å². The number of carboxylic acid groups (broad SMARTS) is 1. The molecular formula is C17H17ClN2O5. The highest BCUT2D eigenvalue weighted by atomic mass is 35.5. The van der Waals surface area contributed by atoms with Gasteiger partial charge in [-0.15, -0.1) is 0 Å². The van der Waals surface area contributed by atoms with Crippen molar-refractivity contribution in [1.29, 1.82) is 0 Å². The molecule has 132 valence electrons. The smallest absolute Gasteiger partial charge is 0.303 e. The van der Waals surface area contributed by atoms with Gasteiger partial charge >= 0.3 is 5.97 Å². The van der Waals surface area contributed by atoms with Crippen LogP contribution in [-0.4, -0.2) is 33.6 Å². The maximum atomic E-state index is 12.0. The molecule has 8 heteroatoms. The van der Waals surface area contributed by atoms with Crippen LogP contribution in [0, 0.1) is 0 Å². The van der Waals surface area contributed by atoms with Gasteiger partial charge in [-0.25, -0.2) is 4.98 Å². The van der Waals surface area contributed by atoms with Crippen molar-refractivity contribution < 1.29 is 24.5 Å². The molecule has 1 aromatic carbocycles. The molecule has 0 aliphatic carbocycles. The van der Waals surface area contributed by atoms with E-state index in [-0.39, 0.29) is 23.6 Å². The molecule has 7 nitrogen and oxygen atoms in total. The van der Waals surface area contributed by atoms with Gasteiger partial charge in [0.1, 0.15) is 11.5 Å². The average Bonchev–Trinajstić information content (AvgIpc) is 2.54. The minimum absolute atomic E-state index is 0.0505. The maximum Gasteiger partial charge on any atom is 0.303 e. The highest BCUT2D eigenvalue weighted by molar-refractivity contribution is 6.30. The van der Waals surface area contributed by atoms with Crippen molar-refractivity contribution in [3.05, 3.63) is 47.2 Å². The van der Waals surface area contributed by atoms with Crippen LogP contribution in [0.3, 0.4) is 0 Å². The van der Waals surface area contributed by atoms with Crippen molar-refractivity contribution in [2.45, 2.75) is 19.3 Å². The number of rotatable bonds is 8. The third-order valence-electron chi connectivity index (χ3n) is 3.19. The molecule has 0 saturated heterocycles. The van der Waals surface area contributed by atoms with Crippen LogP contribution in [0.2, 0.25) is 5.02 Å². The molecule has 2 aromatic rings. The molecule has 0 aliphatic rings. The second-order valence-corrected chi connectivity index (χ2v) is 5.64. The highest BCUT2D eigenvalue weighted by Gasteiger charge is 2.14. The maximum absolute atomic E-state index is 12.0. The highest BCUT2D eigenvalue weighted by Crippen LogP contribution is 2.27. The lowest BCUT2D eigenvalue weighted by atomic mass is 10.2. The van der Waals surface area contributed by atoms with Crippen molar-refractivity contribution >= 4 is 23.5 Å². The molecule has 0 unspecified atom stereocenters. The predicted molar refractivity (Wildman–Crippen MR) is 91.2 cm³/mol. The molecule has 3 N–H and O–H groups in total. The van der Waals surface area contributed by atoms with Crippen LogP contribution in [0.5, 0.6) is 17.2 Å². The van der Waals surface area contributed by atoms with Gasteiger partial charge in [-0.1, -0.05) is 17.7 Å². The lowest BCUT2D eigenvalue weighted by Gasteiger charge is -2.09. The van der Waals surface area contributed by atoms with E-state index >= 15 is 0 Å². The fraction of sp³-hybridized carbons (Fsp3) is 0.235. The number of nitrogens with zero attached hydrogens (tertiary/aromatic N) is 1. The number of hydrogen-bond acceptors (Lipinski definition) is 5. The number of hydrogen-bond donors (Lipinski definition) is 3. The Bertz CT molecular complexity index is 766. The second kappa shape index (κ2) is 8.89. The number of pyridine rings is 1. The van der Waals surface area contributed by atoms with Crippen LogP contribution in [-0.2, 0) is 4.79 Å². The van der Waals surface area contributed by atoms with Crippen LogP contribution in [0.15, 0.2) is 36.5 Å². The van der Waals surface area contributed by atoms with Crippen molar-refractivity contribution in [2.75, 3.05) is 6.54 Å². The van der Waals surface area contributed by atoms with Crippen LogP contribution in [0.4, 0.5) is 0 Å². The summed E-state index contributed by atoms with van der Waals surface area (Å²) in [5.41, 5.74) is -0.128. The minimum atomic E-state index is -0.874. The largest absolute Gasteiger partial charge is 0.505 e. The van der Waals surface area contributed by atoms with E-state index in [0.29, 0.717) is 30.2 Å². The number of benzene rings is 1. The molecule has 0 aliphatic heterocycles. The predicted octanol–water partition coefficient (Wildman–Crippen LogP) is 3.22. The van der Waals surface area contributed by atoms with E-state index in [4.69, 9.17) is 21.4 Å². The van der Waals surface area contributed by atoms with Crippen molar-refractivity contribution in [3.63, 3.8) is 0 Å². The van der Waals surface area contributed by atoms with Gasteiger partial charge in [0.2, 0.25) is 0 Å². The molecule has 0 atom stereocenters. The number of unbranched alkanes of at least 4 members (excludes halogenated alkanes) is 1. The van der Waals surface area contributed by atoms with Gasteiger partial charge in [0.05, 0.1) is 6.20 Å². The normalized spacial score (nSPS) is 10.3. The van der Waals surface area contributed by atoms with E-state index in [0.717, 1.165) is 0 Å². The molecule has 1 heterocycles. The Hall–Kier alpha value is -2.80. The lowest BCUT2D eigenvalue weighted by molar-refractivity contribution is -0.137. The number of aromatic nitrogens is 1. The summed E-state index contributed by atoms with van der Waals surface area (Å²) in [6.45, 7) is 0.300. The van der Waals surface area contributed by atoms with E-state index in [1.807, 2.05) is 0 Å². The van der Waals surface area contributed by atoms with Crippen LogP contribution in [0.25, 0.3) is 0 Å². The molecule has 25 heavy (non-hydrogen) atoms. The summed E-state index contributed by atoms with van der Waals surface area (Å²) in [4.78, 5) is 26.3. The van der Waals surface area contributed by atoms with E-state index in [2.05, 4.69) is 10.3 Å². The van der Waals surface area contributed by atoms with Gasteiger partial charge in [-0.2, -0.15) is 0 Å². The zero-order valence-electron chi connectivity index (χ0n) is 13.2. The fourth-order valence-electron chi connectivity index (χ4n) is 2.02. The van der Waals surface area contributed by atoms with Gasteiger partial charge in [0.15, 0.2) is 11.4 Å². The zero-order valence-corrected chi connectivity index (χ0v) is 14.0. The number of ether oxygens (including phenoxy) is 1. The number of carbonyl (C=O) groups excluding carboxylic acids is 1. The number of nitrogens with one attached hydrogen (secondary N) is 1. The van der Waals surface area contributed by atoms with E-state index < -0.39 is 11.9 Å². The Morgan fingerprint density at radius 1 is 1.20 bits per heavy atom.